The number of nitrogens with one attached hydrogen (secondary N) is 1. The second-order valence-corrected chi connectivity index (χ2v) is 6.71. The Morgan fingerprint density at radius 3 is 2.25 bits per heavy atom. The molecule has 1 N–H and O–H groups in total. The number of rotatable bonds is 6. The van der Waals surface area contributed by atoms with Crippen LogP contribution in [0.15, 0.2) is 53.4 Å². The van der Waals surface area contributed by atoms with Crippen molar-refractivity contribution in [2.75, 3.05) is 26.6 Å². The maximum Gasteiger partial charge on any atom is 0.264 e. The van der Waals surface area contributed by atoms with Crippen molar-refractivity contribution in [3.05, 3.63) is 54.1 Å². The molecule has 0 fully saturated rings. The second-order valence-electron chi connectivity index (χ2n) is 4.78. The zero-order valence-corrected chi connectivity index (χ0v) is 14.3. The van der Waals surface area contributed by atoms with Crippen molar-refractivity contribution < 1.29 is 22.8 Å². The molecule has 8 heteroatoms. The molecular weight excluding hydrogens is 332 g/mol. The number of hydrogen-bond acceptors (Lipinski definition) is 5. The molecule has 0 unspecified atom stereocenters. The average molecular weight is 350 g/mol. The minimum atomic E-state index is -3.74. The lowest BCUT2D eigenvalue weighted by atomic mass is 10.2. The number of amides is 1. The summed E-state index contributed by atoms with van der Waals surface area (Å²) in [6.45, 7) is 0. The molecule has 0 saturated carbocycles. The number of benzene rings is 2. The standard InChI is InChI=1S/C16H18N2O5S/c1-18(23-3)24(20,21)13-10-8-12(9-11-13)16(19)17-14-6-4-5-7-15(14)22-2/h4-11H,1-3H3,(H,17,19). The van der Waals surface area contributed by atoms with E-state index in [2.05, 4.69) is 5.32 Å². The third kappa shape index (κ3) is 3.73. The van der Waals surface area contributed by atoms with E-state index in [0.717, 1.165) is 4.47 Å². The topological polar surface area (TPSA) is 84.9 Å². The summed E-state index contributed by atoms with van der Waals surface area (Å²) < 4.78 is 30.1. The SMILES string of the molecule is COc1ccccc1NC(=O)c1ccc(S(=O)(=O)N(C)OC)cc1. The quantitative estimate of drug-likeness (QED) is 0.807. The first-order valence-corrected chi connectivity index (χ1v) is 8.41. The van der Waals surface area contributed by atoms with E-state index in [4.69, 9.17) is 9.57 Å². The van der Waals surface area contributed by atoms with Gasteiger partial charge in [0.25, 0.3) is 15.9 Å². The molecule has 128 valence electrons. The number of hydroxylamine groups is 1. The first kappa shape index (κ1) is 17.9. The van der Waals surface area contributed by atoms with Gasteiger partial charge >= 0.3 is 0 Å². The van der Waals surface area contributed by atoms with Crippen LogP contribution in [0.4, 0.5) is 5.69 Å². The fraction of sp³-hybridized carbons (Fsp3) is 0.188. The van der Waals surface area contributed by atoms with E-state index in [1.54, 1.807) is 24.3 Å². The van der Waals surface area contributed by atoms with Gasteiger partial charge in [-0.25, -0.2) is 8.42 Å². The van der Waals surface area contributed by atoms with Crippen LogP contribution in [0.5, 0.6) is 5.75 Å². The van der Waals surface area contributed by atoms with Crippen LogP contribution in [0, 0.1) is 0 Å². The van der Waals surface area contributed by atoms with Gasteiger partial charge in [0.1, 0.15) is 5.75 Å². The molecular formula is C16H18N2O5S. The Kier molecular flexibility index (Phi) is 5.55. The molecule has 2 aromatic carbocycles. The number of carbonyl (C=O) groups excluding carboxylic acids is 1. The summed E-state index contributed by atoms with van der Waals surface area (Å²) >= 11 is 0. The van der Waals surface area contributed by atoms with Crippen LogP contribution in [-0.4, -0.2) is 40.1 Å². The van der Waals surface area contributed by atoms with Crippen LogP contribution in [-0.2, 0) is 14.9 Å². The Labute approximate surface area is 140 Å². The number of ether oxygens (including phenoxy) is 1. The molecule has 24 heavy (non-hydrogen) atoms. The van der Waals surface area contributed by atoms with Crippen LogP contribution in [0.2, 0.25) is 0 Å². The molecule has 0 spiro atoms. The summed E-state index contributed by atoms with van der Waals surface area (Å²) in [5.74, 6) is 0.162. The van der Waals surface area contributed by atoms with Gasteiger partial charge in [-0.3, -0.25) is 9.63 Å². The van der Waals surface area contributed by atoms with Crippen LogP contribution in [0.25, 0.3) is 0 Å². The molecule has 7 nitrogen and oxygen atoms in total. The maximum atomic E-state index is 12.3. The van der Waals surface area contributed by atoms with Crippen molar-refractivity contribution in [2.24, 2.45) is 0 Å². The van der Waals surface area contributed by atoms with Gasteiger partial charge in [0.05, 0.1) is 24.8 Å². The highest BCUT2D eigenvalue weighted by molar-refractivity contribution is 7.89. The largest absolute Gasteiger partial charge is 0.495 e. The normalized spacial score (nSPS) is 11.3. The first-order valence-electron chi connectivity index (χ1n) is 6.97. The van der Waals surface area contributed by atoms with Gasteiger partial charge in [-0.2, -0.15) is 0 Å². The summed E-state index contributed by atoms with van der Waals surface area (Å²) in [6, 6.07) is 12.6. The Hall–Kier alpha value is -2.42. The summed E-state index contributed by atoms with van der Waals surface area (Å²) in [5, 5.41) is 2.72. The minimum Gasteiger partial charge on any atom is -0.495 e. The van der Waals surface area contributed by atoms with Gasteiger partial charge in [-0.05, 0) is 36.4 Å². The highest BCUT2D eigenvalue weighted by Crippen LogP contribution is 2.24. The molecule has 2 aromatic rings. The molecule has 0 radical (unpaired) electrons. The lowest BCUT2D eigenvalue weighted by molar-refractivity contribution is -0.0258. The van der Waals surface area contributed by atoms with Crippen molar-refractivity contribution in [1.29, 1.82) is 0 Å². The predicted molar refractivity (Wildman–Crippen MR) is 89.3 cm³/mol. The molecule has 0 heterocycles. The lowest BCUT2D eigenvalue weighted by Gasteiger charge is -2.14. The van der Waals surface area contributed by atoms with Gasteiger partial charge in [0.15, 0.2) is 0 Å². The molecule has 0 saturated heterocycles. The summed E-state index contributed by atoms with van der Waals surface area (Å²) in [7, 11) is 0.315. The molecule has 0 aliphatic rings. The monoisotopic (exact) mass is 350 g/mol. The van der Waals surface area contributed by atoms with E-state index in [1.165, 1.54) is 45.5 Å². The smallest absolute Gasteiger partial charge is 0.264 e. The summed E-state index contributed by atoms with van der Waals surface area (Å²) in [4.78, 5) is 17.0. The third-order valence-electron chi connectivity index (χ3n) is 3.37. The Morgan fingerprint density at radius 1 is 1.04 bits per heavy atom. The molecule has 0 aromatic heterocycles. The molecule has 2 rings (SSSR count). The van der Waals surface area contributed by atoms with Crippen LogP contribution in [0.3, 0.4) is 0 Å². The number of para-hydroxylation sites is 2. The highest BCUT2D eigenvalue weighted by Gasteiger charge is 2.21. The molecule has 0 bridgehead atoms. The van der Waals surface area contributed by atoms with Crippen LogP contribution < -0.4 is 10.1 Å². The zero-order valence-electron chi connectivity index (χ0n) is 13.5. The Bertz CT molecular complexity index is 819. The predicted octanol–water partition coefficient (Wildman–Crippen LogP) is 2.13. The summed E-state index contributed by atoms with van der Waals surface area (Å²) in [6.07, 6.45) is 0. The van der Waals surface area contributed by atoms with Crippen molar-refractivity contribution in [3.63, 3.8) is 0 Å². The summed E-state index contributed by atoms with van der Waals surface area (Å²) in [5.41, 5.74) is 0.848. The van der Waals surface area contributed by atoms with E-state index < -0.39 is 10.0 Å². The second kappa shape index (κ2) is 7.43. The third-order valence-corrected chi connectivity index (χ3v) is 5.06. The number of nitrogens with zero attached hydrogens (tertiary/aromatic N) is 1. The molecule has 0 atom stereocenters. The number of sulfonamides is 1. The fourth-order valence-corrected chi connectivity index (χ4v) is 2.94. The van der Waals surface area contributed by atoms with E-state index in [-0.39, 0.29) is 10.8 Å². The van der Waals surface area contributed by atoms with Crippen molar-refractivity contribution in [1.82, 2.24) is 4.47 Å². The first-order chi connectivity index (χ1) is 11.4. The van der Waals surface area contributed by atoms with Gasteiger partial charge < -0.3 is 10.1 Å². The number of methoxy groups -OCH3 is 1. The van der Waals surface area contributed by atoms with Gasteiger partial charge in [0.2, 0.25) is 0 Å². The van der Waals surface area contributed by atoms with E-state index in [1.807, 2.05) is 0 Å². The lowest BCUT2D eigenvalue weighted by Crippen LogP contribution is -2.25. The zero-order chi connectivity index (χ0) is 17.7. The fourth-order valence-electron chi connectivity index (χ4n) is 1.97. The van der Waals surface area contributed by atoms with E-state index >= 15 is 0 Å². The van der Waals surface area contributed by atoms with Gasteiger partial charge in [-0.15, -0.1) is 0 Å². The van der Waals surface area contributed by atoms with Gasteiger partial charge in [0, 0.05) is 12.6 Å². The molecule has 1 amide bonds. The number of anilines is 1. The van der Waals surface area contributed by atoms with Crippen LogP contribution >= 0.6 is 0 Å². The molecule has 0 aliphatic carbocycles. The maximum absolute atomic E-state index is 12.3. The Balaban J connectivity index is 2.20. The number of carbonyl (C=O) groups is 1. The van der Waals surface area contributed by atoms with E-state index in [0.29, 0.717) is 17.0 Å². The van der Waals surface area contributed by atoms with E-state index in [9.17, 15) is 13.2 Å². The number of hydrogen-bond donors (Lipinski definition) is 1. The highest BCUT2D eigenvalue weighted by atomic mass is 32.2. The average Bonchev–Trinajstić information content (AvgIpc) is 2.61. The van der Waals surface area contributed by atoms with Crippen molar-refractivity contribution in [3.8, 4) is 5.75 Å². The van der Waals surface area contributed by atoms with Crippen molar-refractivity contribution >= 4 is 21.6 Å². The molecule has 0 aliphatic heterocycles. The van der Waals surface area contributed by atoms with Crippen LogP contribution in [0.1, 0.15) is 10.4 Å². The van der Waals surface area contributed by atoms with Gasteiger partial charge in [-0.1, -0.05) is 16.6 Å². The Morgan fingerprint density at radius 2 is 1.67 bits per heavy atom. The minimum absolute atomic E-state index is 0.0284. The van der Waals surface area contributed by atoms with Crippen molar-refractivity contribution in [2.45, 2.75) is 4.90 Å².